The fraction of sp³-hybridized carbons (Fsp3) is 0.188. The number of anilines is 3. The Labute approximate surface area is 128 Å². The molecule has 0 spiro atoms. The predicted molar refractivity (Wildman–Crippen MR) is 86.3 cm³/mol. The number of nitrogens with one attached hydrogen (secondary N) is 1. The number of rotatable bonds is 2. The third-order valence-electron chi connectivity index (χ3n) is 3.74. The van der Waals surface area contributed by atoms with Gasteiger partial charge in [0.15, 0.2) is 0 Å². The standard InChI is InChI=1S/C16H16ClN3O/c1-9-4-3-5-10(6-9)20(2)14-8-13-11(7-12(14)17)15(18)16(21)19-13/h3-8,15H,18H2,1-2H3,(H,19,21). The van der Waals surface area contributed by atoms with E-state index >= 15 is 0 Å². The average Bonchev–Trinajstić information content (AvgIpc) is 2.73. The second-order valence-electron chi connectivity index (χ2n) is 5.26. The number of nitrogens with two attached hydrogens (primary N) is 1. The SMILES string of the molecule is Cc1cccc(N(C)c2cc3c(cc2Cl)C(N)C(=O)N3)c1. The van der Waals surface area contributed by atoms with Crippen LogP contribution in [0.2, 0.25) is 5.02 Å². The van der Waals surface area contributed by atoms with Crippen molar-refractivity contribution in [2.75, 3.05) is 17.3 Å². The maximum atomic E-state index is 11.6. The predicted octanol–water partition coefficient (Wildman–Crippen LogP) is 3.37. The Morgan fingerprint density at radius 3 is 2.76 bits per heavy atom. The molecule has 3 N–H and O–H groups in total. The summed E-state index contributed by atoms with van der Waals surface area (Å²) in [6.45, 7) is 2.04. The Morgan fingerprint density at radius 1 is 1.29 bits per heavy atom. The van der Waals surface area contributed by atoms with Gasteiger partial charge in [-0.15, -0.1) is 0 Å². The number of amides is 1. The smallest absolute Gasteiger partial charge is 0.245 e. The number of hydrogen-bond acceptors (Lipinski definition) is 3. The maximum Gasteiger partial charge on any atom is 0.245 e. The summed E-state index contributed by atoms with van der Waals surface area (Å²) in [7, 11) is 1.94. The molecule has 0 aromatic heterocycles. The number of hydrogen-bond donors (Lipinski definition) is 2. The van der Waals surface area contributed by atoms with Gasteiger partial charge >= 0.3 is 0 Å². The van der Waals surface area contributed by atoms with E-state index in [-0.39, 0.29) is 5.91 Å². The van der Waals surface area contributed by atoms with Crippen molar-refractivity contribution in [3.05, 3.63) is 52.5 Å². The third-order valence-corrected chi connectivity index (χ3v) is 4.05. The molecule has 1 atom stereocenters. The van der Waals surface area contributed by atoms with Crippen LogP contribution >= 0.6 is 11.6 Å². The molecule has 3 rings (SSSR count). The van der Waals surface area contributed by atoms with Crippen LogP contribution in [-0.4, -0.2) is 13.0 Å². The second kappa shape index (κ2) is 5.06. The molecule has 21 heavy (non-hydrogen) atoms. The summed E-state index contributed by atoms with van der Waals surface area (Å²) < 4.78 is 0. The Bertz CT molecular complexity index is 729. The molecule has 1 unspecified atom stereocenters. The van der Waals surface area contributed by atoms with Crippen LogP contribution < -0.4 is 16.0 Å². The lowest BCUT2D eigenvalue weighted by Gasteiger charge is -2.22. The number of benzene rings is 2. The molecular weight excluding hydrogens is 286 g/mol. The Hall–Kier alpha value is -2.04. The van der Waals surface area contributed by atoms with Crippen molar-refractivity contribution in [2.45, 2.75) is 13.0 Å². The second-order valence-corrected chi connectivity index (χ2v) is 5.66. The van der Waals surface area contributed by atoms with E-state index < -0.39 is 6.04 Å². The van der Waals surface area contributed by atoms with Crippen LogP contribution in [0.25, 0.3) is 0 Å². The molecule has 0 radical (unpaired) electrons. The molecule has 0 saturated carbocycles. The first-order chi connectivity index (χ1) is 9.97. The summed E-state index contributed by atoms with van der Waals surface area (Å²) in [5.74, 6) is -0.198. The van der Waals surface area contributed by atoms with E-state index in [1.165, 1.54) is 5.56 Å². The van der Waals surface area contributed by atoms with Gasteiger partial charge in [-0.05, 0) is 36.8 Å². The summed E-state index contributed by atoms with van der Waals surface area (Å²) in [6, 6.07) is 11.1. The lowest BCUT2D eigenvalue weighted by molar-refractivity contribution is -0.116. The quantitative estimate of drug-likeness (QED) is 0.894. The zero-order chi connectivity index (χ0) is 15.1. The van der Waals surface area contributed by atoms with Crippen molar-refractivity contribution >= 4 is 34.6 Å². The van der Waals surface area contributed by atoms with Gasteiger partial charge < -0.3 is 16.0 Å². The first kappa shape index (κ1) is 13.9. The molecule has 0 fully saturated rings. The molecular formula is C16H16ClN3O. The Kier molecular flexibility index (Phi) is 3.35. The van der Waals surface area contributed by atoms with Crippen LogP contribution in [0.15, 0.2) is 36.4 Å². The van der Waals surface area contributed by atoms with Crippen LogP contribution in [0.4, 0.5) is 17.1 Å². The van der Waals surface area contributed by atoms with E-state index in [2.05, 4.69) is 11.4 Å². The van der Waals surface area contributed by atoms with E-state index in [1.54, 1.807) is 6.07 Å². The zero-order valence-corrected chi connectivity index (χ0v) is 12.6. The van der Waals surface area contributed by atoms with Crippen LogP contribution in [0.1, 0.15) is 17.2 Å². The number of fused-ring (bicyclic) bond motifs is 1. The number of aryl methyl sites for hydroxylation is 1. The van der Waals surface area contributed by atoms with Crippen LogP contribution in [0, 0.1) is 6.92 Å². The summed E-state index contributed by atoms with van der Waals surface area (Å²) in [5.41, 5.74) is 10.3. The lowest BCUT2D eigenvalue weighted by Crippen LogP contribution is -2.19. The number of carbonyl (C=O) groups excluding carboxylic acids is 1. The minimum Gasteiger partial charge on any atom is -0.343 e. The zero-order valence-electron chi connectivity index (χ0n) is 11.9. The highest BCUT2D eigenvalue weighted by atomic mass is 35.5. The highest BCUT2D eigenvalue weighted by Gasteiger charge is 2.28. The van der Waals surface area contributed by atoms with Crippen molar-refractivity contribution in [1.29, 1.82) is 0 Å². The van der Waals surface area contributed by atoms with Crippen molar-refractivity contribution in [1.82, 2.24) is 0 Å². The average molecular weight is 302 g/mol. The highest BCUT2D eigenvalue weighted by molar-refractivity contribution is 6.34. The molecule has 2 aromatic carbocycles. The summed E-state index contributed by atoms with van der Waals surface area (Å²) in [4.78, 5) is 13.6. The molecule has 1 aliphatic heterocycles. The van der Waals surface area contributed by atoms with Crippen molar-refractivity contribution in [2.24, 2.45) is 5.73 Å². The molecule has 108 valence electrons. The van der Waals surface area contributed by atoms with Gasteiger partial charge in [0.25, 0.3) is 0 Å². The third kappa shape index (κ3) is 2.37. The van der Waals surface area contributed by atoms with E-state index in [1.807, 2.05) is 43.1 Å². The van der Waals surface area contributed by atoms with Crippen molar-refractivity contribution in [3.8, 4) is 0 Å². The van der Waals surface area contributed by atoms with Gasteiger partial charge in [-0.1, -0.05) is 23.7 Å². The summed E-state index contributed by atoms with van der Waals surface area (Å²) in [6.07, 6.45) is 0. The summed E-state index contributed by atoms with van der Waals surface area (Å²) in [5, 5.41) is 3.36. The molecule has 1 heterocycles. The van der Waals surface area contributed by atoms with Gasteiger partial charge in [-0.25, -0.2) is 0 Å². The van der Waals surface area contributed by atoms with Gasteiger partial charge in [0, 0.05) is 24.0 Å². The van der Waals surface area contributed by atoms with E-state index in [4.69, 9.17) is 17.3 Å². The first-order valence-corrected chi connectivity index (χ1v) is 7.05. The molecule has 0 saturated heterocycles. The normalized spacial score (nSPS) is 16.6. The van der Waals surface area contributed by atoms with E-state index in [0.717, 1.165) is 22.6 Å². The van der Waals surface area contributed by atoms with Gasteiger partial charge in [0.05, 0.1) is 10.7 Å². The molecule has 2 aromatic rings. The van der Waals surface area contributed by atoms with E-state index in [0.29, 0.717) is 5.02 Å². The summed E-state index contributed by atoms with van der Waals surface area (Å²) >= 11 is 6.37. The minimum atomic E-state index is -0.643. The number of carbonyl (C=O) groups is 1. The van der Waals surface area contributed by atoms with Gasteiger partial charge in [0.1, 0.15) is 6.04 Å². The maximum absolute atomic E-state index is 11.6. The van der Waals surface area contributed by atoms with Crippen LogP contribution in [-0.2, 0) is 4.79 Å². The van der Waals surface area contributed by atoms with Gasteiger partial charge in [-0.3, -0.25) is 4.79 Å². The monoisotopic (exact) mass is 301 g/mol. The molecule has 5 heteroatoms. The topological polar surface area (TPSA) is 58.4 Å². The van der Waals surface area contributed by atoms with Crippen molar-refractivity contribution in [3.63, 3.8) is 0 Å². The molecule has 0 aliphatic carbocycles. The largest absolute Gasteiger partial charge is 0.343 e. The molecule has 1 amide bonds. The Morgan fingerprint density at radius 2 is 2.05 bits per heavy atom. The highest BCUT2D eigenvalue weighted by Crippen LogP contribution is 2.39. The van der Waals surface area contributed by atoms with E-state index in [9.17, 15) is 4.79 Å². The molecule has 4 nitrogen and oxygen atoms in total. The van der Waals surface area contributed by atoms with Gasteiger partial charge in [0.2, 0.25) is 5.91 Å². The van der Waals surface area contributed by atoms with Crippen LogP contribution in [0.5, 0.6) is 0 Å². The number of nitrogens with zero attached hydrogens (tertiary/aromatic N) is 1. The molecule has 0 bridgehead atoms. The Balaban J connectivity index is 2.04. The fourth-order valence-corrected chi connectivity index (χ4v) is 2.83. The van der Waals surface area contributed by atoms with Gasteiger partial charge in [-0.2, -0.15) is 0 Å². The fourth-order valence-electron chi connectivity index (χ4n) is 2.53. The molecule has 1 aliphatic rings. The van der Waals surface area contributed by atoms with Crippen molar-refractivity contribution < 1.29 is 4.79 Å². The lowest BCUT2D eigenvalue weighted by atomic mass is 10.1. The first-order valence-electron chi connectivity index (χ1n) is 6.67. The minimum absolute atomic E-state index is 0.198. The van der Waals surface area contributed by atoms with Crippen LogP contribution in [0.3, 0.4) is 0 Å². The number of halogens is 1.